The molecule has 1 heterocycles. The Kier molecular flexibility index (Phi) is 7.47. The van der Waals surface area contributed by atoms with Crippen LogP contribution in [0, 0.1) is 11.8 Å². The number of nitrogens with one attached hydrogen (secondary N) is 2. The number of hydrogen-bond donors (Lipinski definition) is 2. The van der Waals surface area contributed by atoms with Crippen LogP contribution in [0.15, 0.2) is 54.6 Å². The van der Waals surface area contributed by atoms with Gasteiger partial charge < -0.3 is 20.1 Å². The standard InChI is InChI=1S/C24H26N2O4/c1-19(27)26-21-10-7-11-22(18-21)30-15-6-5-14-25-23(28)24(12-16-29-17-13-24)20-8-3-2-4-9-20/h2-4,7-11,18H,12-17H2,1H3,(H,25,28)(H,26,27). The Hall–Kier alpha value is -3.30. The molecular formula is C24H26N2O4. The molecule has 0 atom stereocenters. The molecule has 2 aromatic rings. The number of benzene rings is 2. The van der Waals surface area contributed by atoms with E-state index >= 15 is 0 Å². The minimum Gasteiger partial charge on any atom is -0.481 e. The fourth-order valence-corrected chi connectivity index (χ4v) is 3.52. The molecule has 30 heavy (non-hydrogen) atoms. The van der Waals surface area contributed by atoms with Gasteiger partial charge in [-0.25, -0.2) is 0 Å². The molecule has 2 aromatic carbocycles. The number of carbonyl (C=O) groups excluding carboxylic acids is 2. The van der Waals surface area contributed by atoms with Crippen molar-refractivity contribution in [3.05, 3.63) is 60.2 Å². The molecule has 1 aliphatic heterocycles. The molecule has 0 spiro atoms. The smallest absolute Gasteiger partial charge is 0.231 e. The minimum absolute atomic E-state index is 0.0183. The second-order valence-electron chi connectivity index (χ2n) is 7.09. The second-order valence-corrected chi connectivity index (χ2v) is 7.09. The van der Waals surface area contributed by atoms with E-state index < -0.39 is 5.41 Å². The molecule has 0 aliphatic carbocycles. The topological polar surface area (TPSA) is 76.7 Å². The van der Waals surface area contributed by atoms with E-state index in [-0.39, 0.29) is 25.0 Å². The largest absolute Gasteiger partial charge is 0.481 e. The van der Waals surface area contributed by atoms with E-state index in [2.05, 4.69) is 22.5 Å². The van der Waals surface area contributed by atoms with E-state index in [9.17, 15) is 9.59 Å². The van der Waals surface area contributed by atoms with E-state index in [1.807, 2.05) is 30.3 Å². The van der Waals surface area contributed by atoms with Crippen molar-refractivity contribution in [2.45, 2.75) is 25.2 Å². The molecule has 2 amide bonds. The monoisotopic (exact) mass is 406 g/mol. The lowest BCUT2D eigenvalue weighted by atomic mass is 9.73. The van der Waals surface area contributed by atoms with Crippen LogP contribution in [-0.2, 0) is 19.7 Å². The summed E-state index contributed by atoms with van der Waals surface area (Å²) < 4.78 is 11.1. The molecule has 3 rings (SSSR count). The van der Waals surface area contributed by atoms with Gasteiger partial charge in [0.1, 0.15) is 12.4 Å². The highest BCUT2D eigenvalue weighted by atomic mass is 16.5. The molecule has 0 bridgehead atoms. The summed E-state index contributed by atoms with van der Waals surface area (Å²) in [5, 5.41) is 5.66. The van der Waals surface area contributed by atoms with Crippen molar-refractivity contribution in [1.82, 2.24) is 5.32 Å². The maximum absolute atomic E-state index is 13.0. The van der Waals surface area contributed by atoms with Crippen molar-refractivity contribution in [2.24, 2.45) is 0 Å². The number of hydrogen-bond acceptors (Lipinski definition) is 4. The Morgan fingerprint density at radius 2 is 1.83 bits per heavy atom. The Bertz CT molecular complexity index is 925. The fourth-order valence-electron chi connectivity index (χ4n) is 3.52. The van der Waals surface area contributed by atoms with Gasteiger partial charge in [-0.2, -0.15) is 0 Å². The fraction of sp³-hybridized carbons (Fsp3) is 0.333. The second kappa shape index (κ2) is 10.5. The normalized spacial score (nSPS) is 14.7. The highest BCUT2D eigenvalue weighted by Crippen LogP contribution is 2.35. The maximum Gasteiger partial charge on any atom is 0.231 e. The highest BCUT2D eigenvalue weighted by molar-refractivity contribution is 5.89. The van der Waals surface area contributed by atoms with Gasteiger partial charge in [0.15, 0.2) is 0 Å². The van der Waals surface area contributed by atoms with Crippen molar-refractivity contribution in [3.8, 4) is 17.6 Å². The maximum atomic E-state index is 13.0. The Morgan fingerprint density at radius 1 is 1.07 bits per heavy atom. The summed E-state index contributed by atoms with van der Waals surface area (Å²) in [6.45, 7) is 3.04. The summed E-state index contributed by atoms with van der Waals surface area (Å²) in [7, 11) is 0. The molecule has 1 saturated heterocycles. The number of ether oxygens (including phenoxy) is 2. The average molecular weight is 406 g/mol. The van der Waals surface area contributed by atoms with Gasteiger partial charge in [0.05, 0.1) is 12.0 Å². The molecule has 6 heteroatoms. The summed E-state index contributed by atoms with van der Waals surface area (Å²) in [6.07, 6.45) is 1.31. The van der Waals surface area contributed by atoms with E-state index in [0.29, 0.717) is 37.5 Å². The zero-order valence-electron chi connectivity index (χ0n) is 17.1. The summed E-state index contributed by atoms with van der Waals surface area (Å²) in [5.41, 5.74) is 1.12. The van der Waals surface area contributed by atoms with Gasteiger partial charge in [0, 0.05) is 31.9 Å². The molecule has 0 unspecified atom stereocenters. The van der Waals surface area contributed by atoms with Gasteiger partial charge in [-0.3, -0.25) is 9.59 Å². The van der Waals surface area contributed by atoms with Crippen LogP contribution in [0.1, 0.15) is 25.3 Å². The van der Waals surface area contributed by atoms with Crippen LogP contribution in [0.25, 0.3) is 0 Å². The quantitative estimate of drug-likeness (QED) is 0.724. The highest BCUT2D eigenvalue weighted by Gasteiger charge is 2.41. The Balaban J connectivity index is 1.52. The lowest BCUT2D eigenvalue weighted by molar-refractivity contribution is -0.130. The third kappa shape index (κ3) is 5.62. The third-order valence-electron chi connectivity index (χ3n) is 5.04. The predicted octanol–water partition coefficient (Wildman–Crippen LogP) is 2.89. The third-order valence-corrected chi connectivity index (χ3v) is 5.04. The molecule has 0 aromatic heterocycles. The van der Waals surface area contributed by atoms with E-state index in [4.69, 9.17) is 9.47 Å². The van der Waals surface area contributed by atoms with Crippen LogP contribution in [0.4, 0.5) is 5.69 Å². The Labute approximate surface area is 177 Å². The van der Waals surface area contributed by atoms with Crippen LogP contribution >= 0.6 is 0 Å². The van der Waals surface area contributed by atoms with Gasteiger partial charge in [-0.15, -0.1) is 0 Å². The lowest BCUT2D eigenvalue weighted by Crippen LogP contribution is -2.48. The van der Waals surface area contributed by atoms with Gasteiger partial charge in [-0.1, -0.05) is 48.2 Å². The first-order valence-electron chi connectivity index (χ1n) is 9.98. The van der Waals surface area contributed by atoms with Crippen LogP contribution in [0.3, 0.4) is 0 Å². The van der Waals surface area contributed by atoms with Gasteiger partial charge in [0.25, 0.3) is 0 Å². The van der Waals surface area contributed by atoms with Gasteiger partial charge in [-0.05, 0) is 30.5 Å². The molecule has 2 N–H and O–H groups in total. The molecular weight excluding hydrogens is 380 g/mol. The van der Waals surface area contributed by atoms with E-state index in [1.165, 1.54) is 6.92 Å². The zero-order chi connectivity index (χ0) is 21.2. The molecule has 0 saturated carbocycles. The molecule has 1 fully saturated rings. The van der Waals surface area contributed by atoms with E-state index in [1.54, 1.807) is 24.3 Å². The SMILES string of the molecule is CC(=O)Nc1cccc(OCC#CCNC(=O)C2(c3ccccc3)CCOCC2)c1. The van der Waals surface area contributed by atoms with Crippen molar-refractivity contribution >= 4 is 17.5 Å². The summed E-state index contributed by atoms with van der Waals surface area (Å²) in [5.74, 6) is 6.30. The van der Waals surface area contributed by atoms with Crippen LogP contribution in [0.5, 0.6) is 5.75 Å². The minimum atomic E-state index is -0.568. The average Bonchev–Trinajstić information content (AvgIpc) is 2.77. The predicted molar refractivity (Wildman–Crippen MR) is 115 cm³/mol. The number of carbonyl (C=O) groups is 2. The van der Waals surface area contributed by atoms with Crippen molar-refractivity contribution in [2.75, 3.05) is 31.7 Å². The van der Waals surface area contributed by atoms with Crippen molar-refractivity contribution in [3.63, 3.8) is 0 Å². The summed E-state index contributed by atoms with van der Waals surface area (Å²) in [6, 6.07) is 17.0. The van der Waals surface area contributed by atoms with Crippen LogP contribution in [-0.4, -0.2) is 38.2 Å². The van der Waals surface area contributed by atoms with Crippen LogP contribution in [0.2, 0.25) is 0 Å². The number of anilines is 1. The zero-order valence-corrected chi connectivity index (χ0v) is 17.1. The van der Waals surface area contributed by atoms with E-state index in [0.717, 1.165) is 5.56 Å². The molecule has 0 radical (unpaired) electrons. The van der Waals surface area contributed by atoms with Gasteiger partial charge in [0.2, 0.25) is 11.8 Å². The van der Waals surface area contributed by atoms with Crippen molar-refractivity contribution in [1.29, 1.82) is 0 Å². The summed E-state index contributed by atoms with van der Waals surface area (Å²) in [4.78, 5) is 24.1. The Morgan fingerprint density at radius 3 is 2.57 bits per heavy atom. The first-order chi connectivity index (χ1) is 14.6. The lowest BCUT2D eigenvalue weighted by Gasteiger charge is -2.36. The molecule has 1 aliphatic rings. The van der Waals surface area contributed by atoms with Crippen molar-refractivity contribution < 1.29 is 19.1 Å². The van der Waals surface area contributed by atoms with Gasteiger partial charge >= 0.3 is 0 Å². The first-order valence-corrected chi connectivity index (χ1v) is 9.98. The number of rotatable bonds is 6. The molecule has 156 valence electrons. The number of amides is 2. The molecule has 6 nitrogen and oxygen atoms in total. The first kappa shape index (κ1) is 21.4. The summed E-state index contributed by atoms with van der Waals surface area (Å²) >= 11 is 0. The van der Waals surface area contributed by atoms with Crippen LogP contribution < -0.4 is 15.4 Å².